The van der Waals surface area contributed by atoms with Crippen LogP contribution in [-0.4, -0.2) is 75.1 Å². The highest BCUT2D eigenvalue weighted by atomic mass is 16.5. The molecule has 1 aromatic rings. The summed E-state index contributed by atoms with van der Waals surface area (Å²) in [6.45, 7) is 4.44. The zero-order chi connectivity index (χ0) is 23.8. The highest BCUT2D eigenvalue weighted by molar-refractivity contribution is 5.75. The Kier molecular flexibility index (Phi) is 13.2. The Bertz CT molecular complexity index is 676. The molecule has 2 amide bonds. The molecule has 0 aromatic heterocycles. The van der Waals surface area contributed by atoms with E-state index in [1.807, 2.05) is 45.4 Å². The molecule has 0 radical (unpaired) electrons. The summed E-state index contributed by atoms with van der Waals surface area (Å²) in [6.07, 6.45) is 6.08. The standard InChI is InChI=1S/C24H41N3O5/c1-5-6-7-11-16-31-21-13-8-9-14-22(21)32-17-12-10-15-25-24(30)26-20(18-23(28)29)19-27(2,3)4/h8-9,13-14,20H,5-7,10-12,15-19H2,1-4H3,(H2-,25,26,28,29,30)/p+1/t20-/m1/s1. The van der Waals surface area contributed by atoms with Gasteiger partial charge < -0.3 is 29.7 Å². The largest absolute Gasteiger partial charge is 0.490 e. The number of likely N-dealkylation sites (N-methyl/N-ethyl adjacent to an activating group) is 1. The number of benzene rings is 1. The molecule has 1 aromatic carbocycles. The van der Waals surface area contributed by atoms with Crippen LogP contribution in [0.1, 0.15) is 51.9 Å². The molecule has 0 aliphatic rings. The van der Waals surface area contributed by atoms with Gasteiger partial charge in [0.2, 0.25) is 0 Å². The van der Waals surface area contributed by atoms with Gasteiger partial charge in [0.25, 0.3) is 0 Å². The van der Waals surface area contributed by atoms with E-state index in [0.29, 0.717) is 30.8 Å². The Morgan fingerprint density at radius 1 is 0.969 bits per heavy atom. The van der Waals surface area contributed by atoms with Crippen LogP contribution in [0.3, 0.4) is 0 Å². The van der Waals surface area contributed by atoms with E-state index in [9.17, 15) is 9.59 Å². The lowest BCUT2D eigenvalue weighted by Gasteiger charge is -2.29. The van der Waals surface area contributed by atoms with Gasteiger partial charge in [0.15, 0.2) is 11.5 Å². The first-order valence-electron chi connectivity index (χ1n) is 11.6. The first-order valence-corrected chi connectivity index (χ1v) is 11.6. The summed E-state index contributed by atoms with van der Waals surface area (Å²) in [6, 6.07) is 6.93. The Balaban J connectivity index is 2.27. The van der Waals surface area contributed by atoms with E-state index in [-0.39, 0.29) is 12.5 Å². The number of amides is 2. The van der Waals surface area contributed by atoms with Crippen molar-refractivity contribution in [2.45, 2.75) is 57.9 Å². The van der Waals surface area contributed by atoms with Crippen molar-refractivity contribution in [2.24, 2.45) is 0 Å². The van der Waals surface area contributed by atoms with E-state index in [4.69, 9.17) is 14.6 Å². The van der Waals surface area contributed by atoms with E-state index < -0.39 is 12.0 Å². The number of carboxylic acid groups (broad SMARTS) is 1. The summed E-state index contributed by atoms with van der Waals surface area (Å²) in [7, 11) is 5.89. The molecule has 0 spiro atoms. The molecule has 0 fully saturated rings. The fourth-order valence-electron chi connectivity index (χ4n) is 3.28. The Hall–Kier alpha value is -2.48. The van der Waals surface area contributed by atoms with Gasteiger partial charge in [0.1, 0.15) is 0 Å². The van der Waals surface area contributed by atoms with Crippen molar-refractivity contribution in [3.05, 3.63) is 24.3 Å². The van der Waals surface area contributed by atoms with Crippen LogP contribution < -0.4 is 20.1 Å². The number of urea groups is 1. The first kappa shape index (κ1) is 27.6. The number of aliphatic carboxylic acids is 1. The van der Waals surface area contributed by atoms with Gasteiger partial charge in [-0.3, -0.25) is 4.79 Å². The first-order chi connectivity index (χ1) is 15.2. The zero-order valence-electron chi connectivity index (χ0n) is 20.2. The second-order valence-corrected chi connectivity index (χ2v) is 9.08. The average Bonchev–Trinajstić information content (AvgIpc) is 2.69. The second-order valence-electron chi connectivity index (χ2n) is 9.08. The third-order valence-corrected chi connectivity index (χ3v) is 4.74. The van der Waals surface area contributed by atoms with Crippen molar-refractivity contribution in [3.8, 4) is 11.5 Å². The zero-order valence-corrected chi connectivity index (χ0v) is 20.2. The summed E-state index contributed by atoms with van der Waals surface area (Å²) in [4.78, 5) is 23.2. The van der Waals surface area contributed by atoms with Crippen LogP contribution in [0.2, 0.25) is 0 Å². The van der Waals surface area contributed by atoms with Crippen molar-refractivity contribution in [1.29, 1.82) is 0 Å². The molecule has 8 heteroatoms. The van der Waals surface area contributed by atoms with E-state index in [1.165, 1.54) is 19.3 Å². The normalized spacial score (nSPS) is 12.1. The number of quaternary nitrogens is 1. The maximum absolute atomic E-state index is 12.1. The monoisotopic (exact) mass is 452 g/mol. The second kappa shape index (κ2) is 15.3. The van der Waals surface area contributed by atoms with E-state index >= 15 is 0 Å². The molecule has 32 heavy (non-hydrogen) atoms. The van der Waals surface area contributed by atoms with Gasteiger partial charge in [-0.2, -0.15) is 0 Å². The number of carbonyl (C=O) groups is 2. The fourth-order valence-corrected chi connectivity index (χ4v) is 3.28. The smallest absolute Gasteiger partial charge is 0.315 e. The van der Waals surface area contributed by atoms with Crippen molar-refractivity contribution in [3.63, 3.8) is 0 Å². The summed E-state index contributed by atoms with van der Waals surface area (Å²) < 4.78 is 12.3. The molecule has 0 unspecified atom stereocenters. The van der Waals surface area contributed by atoms with Crippen LogP contribution in [0.5, 0.6) is 11.5 Å². The number of ether oxygens (including phenoxy) is 2. The summed E-state index contributed by atoms with van der Waals surface area (Å²) in [5.41, 5.74) is 0. The molecule has 0 saturated heterocycles. The molecule has 0 aliphatic heterocycles. The molecule has 1 rings (SSSR count). The summed E-state index contributed by atoms with van der Waals surface area (Å²) in [5, 5.41) is 14.6. The summed E-state index contributed by atoms with van der Waals surface area (Å²) >= 11 is 0. The minimum atomic E-state index is -0.925. The van der Waals surface area contributed by atoms with Crippen LogP contribution in [0.4, 0.5) is 4.79 Å². The van der Waals surface area contributed by atoms with E-state index in [0.717, 1.165) is 30.8 Å². The number of hydrogen-bond donors (Lipinski definition) is 3. The number of hydrogen-bond acceptors (Lipinski definition) is 4. The van der Waals surface area contributed by atoms with Crippen molar-refractivity contribution in [2.75, 3.05) is 47.4 Å². The lowest BCUT2D eigenvalue weighted by atomic mass is 10.2. The van der Waals surface area contributed by atoms with Gasteiger partial charge in [-0.1, -0.05) is 38.3 Å². The number of rotatable bonds is 17. The Morgan fingerprint density at radius 3 is 2.09 bits per heavy atom. The Labute approximate surface area is 192 Å². The van der Waals surface area contributed by atoms with Gasteiger partial charge in [-0.15, -0.1) is 0 Å². The average molecular weight is 453 g/mol. The van der Waals surface area contributed by atoms with Gasteiger partial charge >= 0.3 is 12.0 Å². The minimum Gasteiger partial charge on any atom is -0.490 e. The SMILES string of the molecule is CCCCCCOc1ccccc1OCCCCNC(=O)N[C@H](CC(=O)O)C[N+](C)(C)C. The molecule has 8 nitrogen and oxygen atoms in total. The van der Waals surface area contributed by atoms with Gasteiger partial charge in [-0.25, -0.2) is 4.79 Å². The summed E-state index contributed by atoms with van der Waals surface area (Å²) in [5.74, 6) is 0.583. The number of carbonyl (C=O) groups excluding carboxylic acids is 1. The molecule has 1 atom stereocenters. The number of carboxylic acids is 1. The topological polar surface area (TPSA) is 96.9 Å². The highest BCUT2D eigenvalue weighted by Crippen LogP contribution is 2.26. The predicted molar refractivity (Wildman–Crippen MR) is 126 cm³/mol. The molecule has 3 N–H and O–H groups in total. The molecule has 0 saturated carbocycles. The van der Waals surface area contributed by atoms with Crippen molar-refractivity contribution >= 4 is 12.0 Å². The van der Waals surface area contributed by atoms with Crippen LogP contribution in [0.25, 0.3) is 0 Å². The van der Waals surface area contributed by atoms with Gasteiger partial charge in [0.05, 0.1) is 53.4 Å². The molecule has 0 heterocycles. The number of nitrogens with zero attached hydrogens (tertiary/aromatic N) is 1. The molecular formula is C24H42N3O5+. The highest BCUT2D eigenvalue weighted by Gasteiger charge is 2.22. The van der Waals surface area contributed by atoms with Gasteiger partial charge in [0, 0.05) is 6.54 Å². The number of para-hydroxylation sites is 2. The van der Waals surface area contributed by atoms with Crippen molar-refractivity contribution < 1.29 is 28.7 Å². The fraction of sp³-hybridized carbons (Fsp3) is 0.667. The van der Waals surface area contributed by atoms with Crippen LogP contribution in [-0.2, 0) is 4.79 Å². The third kappa shape index (κ3) is 13.7. The quantitative estimate of drug-likeness (QED) is 0.248. The predicted octanol–water partition coefficient (Wildman–Crippen LogP) is 3.65. The van der Waals surface area contributed by atoms with E-state index in [2.05, 4.69) is 17.6 Å². The maximum Gasteiger partial charge on any atom is 0.315 e. The maximum atomic E-state index is 12.1. The minimum absolute atomic E-state index is 0.100. The van der Waals surface area contributed by atoms with Crippen molar-refractivity contribution in [1.82, 2.24) is 10.6 Å². The van der Waals surface area contributed by atoms with Gasteiger partial charge in [-0.05, 0) is 31.4 Å². The number of unbranched alkanes of at least 4 members (excludes halogenated alkanes) is 4. The lowest BCUT2D eigenvalue weighted by molar-refractivity contribution is -0.871. The molecular weight excluding hydrogens is 410 g/mol. The Morgan fingerprint density at radius 2 is 1.56 bits per heavy atom. The molecule has 0 aliphatic carbocycles. The van der Waals surface area contributed by atoms with Crippen LogP contribution in [0, 0.1) is 0 Å². The lowest BCUT2D eigenvalue weighted by Crippen LogP contribution is -2.52. The molecule has 182 valence electrons. The third-order valence-electron chi connectivity index (χ3n) is 4.74. The number of nitrogens with one attached hydrogen (secondary N) is 2. The van der Waals surface area contributed by atoms with Crippen LogP contribution >= 0.6 is 0 Å². The van der Waals surface area contributed by atoms with Crippen LogP contribution in [0.15, 0.2) is 24.3 Å². The van der Waals surface area contributed by atoms with E-state index in [1.54, 1.807) is 0 Å². The molecule has 0 bridgehead atoms.